The van der Waals surface area contributed by atoms with E-state index in [0.29, 0.717) is 17.3 Å². The summed E-state index contributed by atoms with van der Waals surface area (Å²) in [5, 5.41) is 14.6. The third kappa shape index (κ3) is 4.33. The maximum absolute atomic E-state index is 12.8. The molecule has 0 aliphatic carbocycles. The molecule has 3 heterocycles. The van der Waals surface area contributed by atoms with Crippen LogP contribution in [-0.4, -0.2) is 39.0 Å². The molecule has 0 bridgehead atoms. The molecule has 29 heavy (non-hydrogen) atoms. The van der Waals surface area contributed by atoms with Gasteiger partial charge in [0.15, 0.2) is 5.69 Å². The molecule has 0 spiro atoms. The minimum atomic E-state index is -0.268. The number of anilines is 1. The summed E-state index contributed by atoms with van der Waals surface area (Å²) in [4.78, 5) is 17.2. The van der Waals surface area contributed by atoms with Crippen LogP contribution in [0.5, 0.6) is 0 Å². The number of benzene rings is 1. The van der Waals surface area contributed by atoms with E-state index in [2.05, 4.69) is 25.9 Å². The van der Waals surface area contributed by atoms with Gasteiger partial charge in [-0.15, -0.1) is 17.5 Å². The Morgan fingerprint density at radius 1 is 1.24 bits per heavy atom. The Morgan fingerprint density at radius 3 is 2.69 bits per heavy atom. The molecule has 0 atom stereocenters. The average molecular weight is 417 g/mol. The minimum absolute atomic E-state index is 0. The van der Waals surface area contributed by atoms with Crippen LogP contribution in [0.3, 0.4) is 0 Å². The molecule has 0 unspecified atom stereocenters. The van der Waals surface area contributed by atoms with Gasteiger partial charge in [0.25, 0.3) is 5.91 Å². The fraction of sp³-hybridized carbons (Fsp3) is 0.400. The van der Waals surface area contributed by atoms with Gasteiger partial charge < -0.3 is 15.1 Å². The average Bonchev–Trinajstić information content (AvgIpc) is 3.29. The van der Waals surface area contributed by atoms with Crippen LogP contribution in [0.4, 0.5) is 5.69 Å². The van der Waals surface area contributed by atoms with E-state index < -0.39 is 0 Å². The Morgan fingerprint density at radius 2 is 2.00 bits per heavy atom. The molecule has 1 aliphatic rings. The molecule has 1 amide bonds. The quantitative estimate of drug-likeness (QED) is 0.675. The van der Waals surface area contributed by atoms with Crippen LogP contribution < -0.4 is 10.6 Å². The molecular weight excluding hydrogens is 392 g/mol. The first-order valence-corrected chi connectivity index (χ1v) is 9.50. The predicted octanol–water partition coefficient (Wildman–Crippen LogP) is 3.46. The second kappa shape index (κ2) is 8.75. The summed E-state index contributed by atoms with van der Waals surface area (Å²) < 4.78 is 7.39. The predicted molar refractivity (Wildman–Crippen MR) is 113 cm³/mol. The Hall–Kier alpha value is -2.71. The summed E-state index contributed by atoms with van der Waals surface area (Å²) in [5.41, 5.74) is 4.49. The van der Waals surface area contributed by atoms with Crippen LogP contribution in [0, 0.1) is 20.8 Å². The van der Waals surface area contributed by atoms with Gasteiger partial charge in [0.2, 0.25) is 5.89 Å². The molecular formula is C20H25ClN6O2. The highest BCUT2D eigenvalue weighted by atomic mass is 35.5. The molecule has 1 fully saturated rings. The molecule has 2 aromatic heterocycles. The first-order chi connectivity index (χ1) is 13.5. The van der Waals surface area contributed by atoms with Crippen molar-refractivity contribution in [2.45, 2.75) is 39.7 Å². The number of halogens is 1. The summed E-state index contributed by atoms with van der Waals surface area (Å²) in [6.07, 6.45) is 3.59. The minimum Gasteiger partial charge on any atom is -0.444 e. The lowest BCUT2D eigenvalue weighted by Gasteiger charge is -2.23. The molecule has 1 saturated heterocycles. The van der Waals surface area contributed by atoms with Crippen molar-refractivity contribution in [2.75, 3.05) is 18.4 Å². The zero-order valence-electron chi connectivity index (χ0n) is 16.7. The SMILES string of the molecule is Cc1coc(-c2cc(NC(=O)c3nnn(C4CCNCC4)c3C)ccc2C)n1.Cl. The molecule has 3 aromatic rings. The largest absolute Gasteiger partial charge is 0.444 e. The summed E-state index contributed by atoms with van der Waals surface area (Å²) in [6, 6.07) is 5.95. The first-order valence-electron chi connectivity index (χ1n) is 9.50. The Labute approximate surface area is 175 Å². The lowest BCUT2D eigenvalue weighted by Crippen LogP contribution is -2.30. The smallest absolute Gasteiger partial charge is 0.278 e. The monoisotopic (exact) mass is 416 g/mol. The van der Waals surface area contributed by atoms with Gasteiger partial charge in [0, 0.05) is 11.3 Å². The van der Waals surface area contributed by atoms with Crippen molar-refractivity contribution >= 4 is 24.0 Å². The number of amides is 1. The maximum Gasteiger partial charge on any atom is 0.278 e. The summed E-state index contributed by atoms with van der Waals surface area (Å²) >= 11 is 0. The summed E-state index contributed by atoms with van der Waals surface area (Å²) in [5.74, 6) is 0.273. The van der Waals surface area contributed by atoms with Gasteiger partial charge in [-0.25, -0.2) is 9.67 Å². The van der Waals surface area contributed by atoms with E-state index in [0.717, 1.165) is 48.4 Å². The first kappa shape index (κ1) is 21.0. The normalized spacial score (nSPS) is 14.4. The van der Waals surface area contributed by atoms with E-state index in [9.17, 15) is 4.79 Å². The number of nitrogens with one attached hydrogen (secondary N) is 2. The third-order valence-electron chi connectivity index (χ3n) is 5.14. The van der Waals surface area contributed by atoms with E-state index in [1.807, 2.05) is 43.7 Å². The second-order valence-corrected chi connectivity index (χ2v) is 7.23. The molecule has 0 radical (unpaired) electrons. The summed E-state index contributed by atoms with van der Waals surface area (Å²) in [7, 11) is 0. The Balaban J connectivity index is 0.00000240. The number of piperidine rings is 1. The van der Waals surface area contributed by atoms with E-state index >= 15 is 0 Å². The molecule has 1 aliphatic heterocycles. The highest BCUT2D eigenvalue weighted by Crippen LogP contribution is 2.27. The standard InChI is InChI=1S/C20H24N6O2.ClH/c1-12-4-5-15(10-17(12)20-22-13(2)11-28-20)23-19(27)18-14(3)26(25-24-18)16-6-8-21-9-7-16;/h4-5,10-11,16,21H,6-9H2,1-3H3,(H,23,27);1H. The van der Waals surface area contributed by atoms with Gasteiger partial charge in [0.05, 0.1) is 17.4 Å². The number of aromatic nitrogens is 4. The zero-order chi connectivity index (χ0) is 19.7. The molecule has 154 valence electrons. The van der Waals surface area contributed by atoms with E-state index in [1.165, 1.54) is 0 Å². The number of hydrogen-bond acceptors (Lipinski definition) is 6. The zero-order valence-corrected chi connectivity index (χ0v) is 17.5. The van der Waals surface area contributed by atoms with Gasteiger partial charge in [-0.2, -0.15) is 0 Å². The number of rotatable bonds is 4. The Kier molecular flexibility index (Phi) is 6.34. The van der Waals surface area contributed by atoms with Crippen molar-refractivity contribution in [3.8, 4) is 11.5 Å². The summed E-state index contributed by atoms with van der Waals surface area (Å²) in [6.45, 7) is 7.67. The molecule has 0 saturated carbocycles. The highest BCUT2D eigenvalue weighted by Gasteiger charge is 2.23. The topological polar surface area (TPSA) is 97.9 Å². The number of aryl methyl sites for hydroxylation is 2. The van der Waals surface area contributed by atoms with Gasteiger partial charge in [-0.05, 0) is 64.4 Å². The number of carbonyl (C=O) groups is 1. The fourth-order valence-electron chi connectivity index (χ4n) is 3.55. The highest BCUT2D eigenvalue weighted by molar-refractivity contribution is 6.03. The fourth-order valence-corrected chi connectivity index (χ4v) is 3.55. The van der Waals surface area contributed by atoms with Crippen molar-refractivity contribution in [1.82, 2.24) is 25.3 Å². The van der Waals surface area contributed by atoms with Crippen LogP contribution in [0.1, 0.15) is 46.3 Å². The molecule has 1 aromatic carbocycles. The van der Waals surface area contributed by atoms with Crippen LogP contribution in [-0.2, 0) is 0 Å². The van der Waals surface area contributed by atoms with Gasteiger partial charge >= 0.3 is 0 Å². The van der Waals surface area contributed by atoms with E-state index in [4.69, 9.17) is 4.42 Å². The molecule has 2 N–H and O–H groups in total. The lowest BCUT2D eigenvalue weighted by atomic mass is 10.1. The molecule has 8 nitrogen and oxygen atoms in total. The van der Waals surface area contributed by atoms with Crippen molar-refractivity contribution in [3.63, 3.8) is 0 Å². The van der Waals surface area contributed by atoms with Crippen LogP contribution >= 0.6 is 12.4 Å². The van der Waals surface area contributed by atoms with Crippen molar-refractivity contribution in [1.29, 1.82) is 0 Å². The third-order valence-corrected chi connectivity index (χ3v) is 5.14. The molecule has 9 heteroatoms. The van der Waals surface area contributed by atoms with Crippen LogP contribution in [0.2, 0.25) is 0 Å². The van der Waals surface area contributed by atoms with Crippen LogP contribution in [0.25, 0.3) is 11.5 Å². The van der Waals surface area contributed by atoms with Gasteiger partial charge in [-0.3, -0.25) is 4.79 Å². The molecule has 4 rings (SSSR count). The number of oxazole rings is 1. The van der Waals surface area contributed by atoms with Crippen molar-refractivity contribution in [3.05, 3.63) is 47.1 Å². The van der Waals surface area contributed by atoms with Crippen molar-refractivity contribution < 1.29 is 9.21 Å². The number of nitrogens with zero attached hydrogens (tertiary/aromatic N) is 4. The van der Waals surface area contributed by atoms with Crippen LogP contribution in [0.15, 0.2) is 28.9 Å². The Bertz CT molecular complexity index is 1010. The lowest BCUT2D eigenvalue weighted by molar-refractivity contribution is 0.102. The van der Waals surface area contributed by atoms with E-state index in [-0.39, 0.29) is 24.4 Å². The number of hydrogen-bond donors (Lipinski definition) is 2. The maximum atomic E-state index is 12.8. The second-order valence-electron chi connectivity index (χ2n) is 7.23. The van der Waals surface area contributed by atoms with Gasteiger partial charge in [-0.1, -0.05) is 11.3 Å². The van der Waals surface area contributed by atoms with Gasteiger partial charge in [0.1, 0.15) is 6.26 Å². The number of carbonyl (C=O) groups excluding carboxylic acids is 1. The van der Waals surface area contributed by atoms with E-state index in [1.54, 1.807) is 6.26 Å². The van der Waals surface area contributed by atoms with Crippen molar-refractivity contribution in [2.24, 2.45) is 0 Å².